The van der Waals surface area contributed by atoms with E-state index in [4.69, 9.17) is 28.3 Å². The summed E-state index contributed by atoms with van der Waals surface area (Å²) in [5, 5.41) is 19.1. The average molecular weight is 599 g/mol. The number of hydrogen-bond donors (Lipinski definition) is 3. The fourth-order valence-corrected chi connectivity index (χ4v) is 6.99. The van der Waals surface area contributed by atoms with Gasteiger partial charge in [-0.1, -0.05) is 29.3 Å². The number of carbonyl (C=O) groups is 1. The summed E-state index contributed by atoms with van der Waals surface area (Å²) in [6.07, 6.45) is 2.69. The normalized spacial score (nSPS) is 23.5. The quantitative estimate of drug-likeness (QED) is 0.332. The fourth-order valence-electron chi connectivity index (χ4n) is 5.17. The van der Waals surface area contributed by atoms with Gasteiger partial charge in [0.25, 0.3) is 0 Å². The first-order chi connectivity index (χ1) is 18.0. The van der Waals surface area contributed by atoms with Crippen molar-refractivity contribution in [2.75, 3.05) is 19.0 Å². The van der Waals surface area contributed by atoms with Gasteiger partial charge in [-0.3, -0.25) is 13.9 Å². The second-order valence-electron chi connectivity index (χ2n) is 9.53. The molecule has 1 aromatic carbocycles. The molecular weight excluding hydrogens is 573 g/mol. The number of aromatic nitrogens is 2. The maximum absolute atomic E-state index is 13.6. The van der Waals surface area contributed by atoms with Gasteiger partial charge in [-0.05, 0) is 49.2 Å². The van der Waals surface area contributed by atoms with E-state index in [9.17, 15) is 18.3 Å². The summed E-state index contributed by atoms with van der Waals surface area (Å²) in [4.78, 5) is 24.5. The molecule has 202 valence electrons. The highest BCUT2D eigenvalue weighted by Crippen LogP contribution is 2.44. The Kier molecular flexibility index (Phi) is 7.77. The number of nitrogens with one attached hydrogen (secondary N) is 1. The molecule has 1 aliphatic heterocycles. The van der Waals surface area contributed by atoms with Gasteiger partial charge >= 0.3 is 10.3 Å². The molecule has 4 N–H and O–H groups in total. The van der Waals surface area contributed by atoms with Gasteiger partial charge in [-0.2, -0.15) is 8.42 Å². The summed E-state index contributed by atoms with van der Waals surface area (Å²) in [6, 6.07) is 7.22. The van der Waals surface area contributed by atoms with Crippen LogP contribution >= 0.6 is 34.5 Å². The Hall–Kier alpha value is -2.16. The number of hydrogen-bond acceptors (Lipinski definition) is 10. The molecule has 10 nitrogen and oxygen atoms in total. The van der Waals surface area contributed by atoms with E-state index in [1.54, 1.807) is 0 Å². The highest BCUT2D eigenvalue weighted by atomic mass is 35.5. The van der Waals surface area contributed by atoms with Gasteiger partial charge in [0.05, 0.1) is 33.5 Å². The van der Waals surface area contributed by atoms with Crippen molar-refractivity contribution in [1.29, 1.82) is 0 Å². The van der Waals surface area contributed by atoms with E-state index in [0.29, 0.717) is 32.9 Å². The van der Waals surface area contributed by atoms with Crippen LogP contribution in [-0.4, -0.2) is 60.0 Å². The number of thiophene rings is 1. The topological polar surface area (TPSA) is 148 Å². The summed E-state index contributed by atoms with van der Waals surface area (Å²) < 4.78 is 27.4. The third-order valence-corrected chi connectivity index (χ3v) is 8.98. The Morgan fingerprint density at radius 3 is 2.84 bits per heavy atom. The van der Waals surface area contributed by atoms with Crippen LogP contribution in [0.15, 0.2) is 36.8 Å². The van der Waals surface area contributed by atoms with E-state index in [1.165, 1.54) is 23.9 Å². The van der Waals surface area contributed by atoms with Gasteiger partial charge in [0.1, 0.15) is 12.1 Å². The van der Waals surface area contributed by atoms with Crippen LogP contribution in [0.2, 0.25) is 9.36 Å². The largest absolute Gasteiger partial charge is 0.393 e. The fraction of sp³-hybridized carbons (Fsp3) is 0.375. The zero-order chi connectivity index (χ0) is 27.2. The minimum atomic E-state index is -4.11. The predicted molar refractivity (Wildman–Crippen MR) is 145 cm³/mol. The van der Waals surface area contributed by atoms with Crippen molar-refractivity contribution in [2.24, 2.45) is 11.1 Å². The second kappa shape index (κ2) is 10.8. The van der Waals surface area contributed by atoms with Crippen LogP contribution in [0, 0.1) is 5.92 Å². The number of ketones is 1. The SMILES string of the molecule is CN1Cc2ccc(Cl)cc2C1c1cc(C(=O)c2cncnc2N[C@@H]2C[C@H](COS(N)(=O)=O)[C@@H](O)C2)sc1Cl. The number of nitrogens with two attached hydrogens (primary N) is 1. The third-order valence-electron chi connectivity index (χ3n) is 6.90. The first kappa shape index (κ1) is 27.4. The van der Waals surface area contributed by atoms with Crippen LogP contribution in [0.1, 0.15) is 50.8 Å². The lowest BCUT2D eigenvalue weighted by Crippen LogP contribution is -2.24. The monoisotopic (exact) mass is 597 g/mol. The van der Waals surface area contributed by atoms with Gasteiger partial charge in [0, 0.05) is 35.3 Å². The minimum absolute atomic E-state index is 0.130. The molecule has 0 amide bonds. The first-order valence-electron chi connectivity index (χ1n) is 11.7. The van der Waals surface area contributed by atoms with Gasteiger partial charge in [-0.15, -0.1) is 11.3 Å². The molecule has 0 bridgehead atoms. The van der Waals surface area contributed by atoms with Gasteiger partial charge in [-0.25, -0.2) is 15.1 Å². The predicted octanol–water partition coefficient (Wildman–Crippen LogP) is 3.38. The number of carbonyl (C=O) groups excluding carboxylic acids is 1. The van der Waals surface area contributed by atoms with Crippen molar-refractivity contribution in [1.82, 2.24) is 14.9 Å². The maximum atomic E-state index is 13.6. The molecule has 38 heavy (non-hydrogen) atoms. The molecule has 2 aliphatic rings. The lowest BCUT2D eigenvalue weighted by Gasteiger charge is -2.20. The number of fused-ring (bicyclic) bond motifs is 1. The van der Waals surface area contributed by atoms with E-state index >= 15 is 0 Å². The minimum Gasteiger partial charge on any atom is -0.393 e. The Bertz CT molecular complexity index is 1480. The lowest BCUT2D eigenvalue weighted by molar-refractivity contribution is 0.101. The molecule has 3 heterocycles. The number of nitrogens with zero attached hydrogens (tertiary/aromatic N) is 3. The molecule has 3 aromatic rings. The van der Waals surface area contributed by atoms with Crippen molar-refractivity contribution in [3.05, 3.63) is 73.3 Å². The van der Waals surface area contributed by atoms with Gasteiger partial charge in [0.2, 0.25) is 5.78 Å². The van der Waals surface area contributed by atoms with Crippen molar-refractivity contribution in [2.45, 2.75) is 37.6 Å². The summed E-state index contributed by atoms with van der Waals surface area (Å²) in [7, 11) is -2.11. The highest BCUT2D eigenvalue weighted by molar-refractivity contribution is 7.84. The zero-order valence-electron chi connectivity index (χ0n) is 20.2. The van der Waals surface area contributed by atoms with E-state index in [0.717, 1.165) is 23.2 Å². The molecule has 1 fully saturated rings. The standard InChI is InChI=1S/C24H25Cl2N5O5S2/c1-31-9-12-2-3-14(25)5-16(12)21(31)17-7-20(37-23(17)26)22(33)18-8-28-11-29-24(18)30-15-4-13(19(32)6-15)10-36-38(27,34)35/h2-3,5,7-8,11,13,15,19,21,32H,4,6,9-10H2,1H3,(H2,27,34,35)(H,28,29,30)/t13-,15-,19+,21?/m1/s1. The van der Waals surface area contributed by atoms with Crippen LogP contribution in [0.4, 0.5) is 5.82 Å². The van der Waals surface area contributed by atoms with Crippen LogP contribution in [0.5, 0.6) is 0 Å². The molecule has 1 saturated carbocycles. The van der Waals surface area contributed by atoms with Crippen molar-refractivity contribution >= 4 is 56.4 Å². The van der Waals surface area contributed by atoms with Crippen LogP contribution in [0.25, 0.3) is 0 Å². The molecule has 1 aliphatic carbocycles. The van der Waals surface area contributed by atoms with Crippen LogP contribution in [-0.2, 0) is 21.0 Å². The molecule has 1 unspecified atom stereocenters. The number of aliphatic hydroxyl groups is 1. The van der Waals surface area contributed by atoms with Gasteiger partial charge in [0.15, 0.2) is 0 Å². The van der Waals surface area contributed by atoms with E-state index < -0.39 is 22.3 Å². The van der Waals surface area contributed by atoms with E-state index in [2.05, 4.69) is 24.4 Å². The molecule has 0 saturated heterocycles. The van der Waals surface area contributed by atoms with E-state index in [1.807, 2.05) is 31.3 Å². The summed E-state index contributed by atoms with van der Waals surface area (Å²) >= 11 is 14.1. The number of rotatable bonds is 8. The molecule has 2 aromatic heterocycles. The third kappa shape index (κ3) is 5.73. The first-order valence-corrected chi connectivity index (χ1v) is 14.8. The van der Waals surface area contributed by atoms with Gasteiger partial charge < -0.3 is 10.4 Å². The molecular formula is C24H25Cl2N5O5S2. The van der Waals surface area contributed by atoms with Crippen LogP contribution < -0.4 is 10.5 Å². The summed E-state index contributed by atoms with van der Waals surface area (Å²) in [5.74, 6) is -0.410. The Labute approximate surface area is 234 Å². The van der Waals surface area contributed by atoms with Crippen molar-refractivity contribution in [3.8, 4) is 0 Å². The Morgan fingerprint density at radius 1 is 1.29 bits per heavy atom. The van der Waals surface area contributed by atoms with Crippen molar-refractivity contribution < 1.29 is 22.5 Å². The molecule has 0 radical (unpaired) electrons. The zero-order valence-corrected chi connectivity index (χ0v) is 23.3. The summed E-state index contributed by atoms with van der Waals surface area (Å²) in [5.41, 5.74) is 3.31. The molecule has 5 rings (SSSR count). The van der Waals surface area contributed by atoms with E-state index in [-0.39, 0.29) is 30.0 Å². The Balaban J connectivity index is 1.36. The number of halogens is 2. The number of benzene rings is 1. The van der Waals surface area contributed by atoms with Crippen molar-refractivity contribution in [3.63, 3.8) is 0 Å². The molecule has 14 heteroatoms. The lowest BCUT2D eigenvalue weighted by atomic mass is 9.99. The average Bonchev–Trinajstić information content (AvgIpc) is 3.50. The Morgan fingerprint density at radius 2 is 2.08 bits per heavy atom. The second-order valence-corrected chi connectivity index (χ2v) is 12.8. The molecule has 4 atom stereocenters. The van der Waals surface area contributed by atoms with Crippen LogP contribution in [0.3, 0.4) is 0 Å². The number of aliphatic hydroxyl groups excluding tert-OH is 1. The smallest absolute Gasteiger partial charge is 0.333 e. The highest BCUT2D eigenvalue weighted by Gasteiger charge is 2.36. The summed E-state index contributed by atoms with van der Waals surface area (Å²) in [6.45, 7) is 0.512. The molecule has 0 spiro atoms. The number of anilines is 1. The maximum Gasteiger partial charge on any atom is 0.333 e.